The largest absolute Gasteiger partial charge is 0.396 e. The van der Waals surface area contributed by atoms with Crippen LogP contribution in [0.25, 0.3) is 20.8 Å². The van der Waals surface area contributed by atoms with Gasteiger partial charge >= 0.3 is 0 Å². The second-order valence-electron chi connectivity index (χ2n) is 8.02. The Balaban J connectivity index is 1.74. The number of fused-ring (bicyclic) bond motifs is 1. The van der Waals surface area contributed by atoms with E-state index in [2.05, 4.69) is 30.5 Å². The Labute approximate surface area is 175 Å². The molecule has 3 atom stereocenters. The quantitative estimate of drug-likeness (QED) is 0.523. The highest BCUT2D eigenvalue weighted by Gasteiger charge is 2.32. The maximum Gasteiger partial charge on any atom is 0.224 e. The highest BCUT2D eigenvalue weighted by molar-refractivity contribution is 7.21. The zero-order valence-electron chi connectivity index (χ0n) is 17.3. The van der Waals surface area contributed by atoms with Crippen molar-refractivity contribution in [3.63, 3.8) is 0 Å². The molecule has 0 radical (unpaired) electrons. The standard InChI is InChI=1S/C22H29N5OS/c1-4-9-23-22-24-14(3)19(21-26-16-7-5-6-8-18(16)29-21)20(27-22)25-17-11-15(12-28)10-13(17)2/h5-8,13,15,17,28H,4,9-12H2,1-3H3,(H2,23,24,25,27)/t13-,15-,17-/m1/s1. The number of aryl methyl sites for hydroxylation is 1. The number of hydrogen-bond donors (Lipinski definition) is 3. The highest BCUT2D eigenvalue weighted by Crippen LogP contribution is 2.39. The van der Waals surface area contributed by atoms with E-state index in [0.717, 1.165) is 58.1 Å². The van der Waals surface area contributed by atoms with E-state index in [1.165, 1.54) is 0 Å². The summed E-state index contributed by atoms with van der Waals surface area (Å²) in [4.78, 5) is 14.4. The molecule has 0 bridgehead atoms. The number of benzene rings is 1. The maximum atomic E-state index is 9.59. The number of rotatable bonds is 7. The Bertz CT molecular complexity index is 955. The van der Waals surface area contributed by atoms with Crippen molar-refractivity contribution >= 4 is 33.3 Å². The molecule has 1 saturated carbocycles. The van der Waals surface area contributed by atoms with Crippen molar-refractivity contribution in [2.75, 3.05) is 23.8 Å². The van der Waals surface area contributed by atoms with Crippen molar-refractivity contribution in [2.24, 2.45) is 11.8 Å². The summed E-state index contributed by atoms with van der Waals surface area (Å²) in [6.07, 6.45) is 3.01. The molecule has 1 aliphatic rings. The van der Waals surface area contributed by atoms with Crippen LogP contribution in [0.3, 0.4) is 0 Å². The molecular formula is C22H29N5OS. The first-order chi connectivity index (χ1) is 14.1. The molecule has 7 heteroatoms. The van der Waals surface area contributed by atoms with Crippen molar-refractivity contribution in [1.29, 1.82) is 0 Å². The fraction of sp³-hybridized carbons (Fsp3) is 0.500. The summed E-state index contributed by atoms with van der Waals surface area (Å²) in [7, 11) is 0. The summed E-state index contributed by atoms with van der Waals surface area (Å²) in [5.41, 5.74) is 2.90. The van der Waals surface area contributed by atoms with Crippen molar-refractivity contribution in [3.8, 4) is 10.6 Å². The molecule has 0 saturated heterocycles. The van der Waals surface area contributed by atoms with Gasteiger partial charge in [-0.15, -0.1) is 11.3 Å². The van der Waals surface area contributed by atoms with Crippen molar-refractivity contribution in [1.82, 2.24) is 15.0 Å². The minimum atomic E-state index is 0.249. The lowest BCUT2D eigenvalue weighted by molar-refractivity contribution is 0.226. The molecular weight excluding hydrogens is 382 g/mol. The van der Waals surface area contributed by atoms with Gasteiger partial charge in [0, 0.05) is 19.2 Å². The van der Waals surface area contributed by atoms with Crippen molar-refractivity contribution in [2.45, 2.75) is 46.1 Å². The Kier molecular flexibility index (Phi) is 5.96. The summed E-state index contributed by atoms with van der Waals surface area (Å²) in [5.74, 6) is 2.33. The predicted molar refractivity (Wildman–Crippen MR) is 121 cm³/mol. The van der Waals surface area contributed by atoms with Gasteiger partial charge in [-0.3, -0.25) is 0 Å². The fourth-order valence-corrected chi connectivity index (χ4v) is 5.20. The molecule has 0 amide bonds. The van der Waals surface area contributed by atoms with Crippen LogP contribution in [0.2, 0.25) is 0 Å². The smallest absolute Gasteiger partial charge is 0.224 e. The molecule has 1 fully saturated rings. The molecule has 29 heavy (non-hydrogen) atoms. The van der Waals surface area contributed by atoms with Gasteiger partial charge in [0.15, 0.2) is 0 Å². The van der Waals surface area contributed by atoms with Crippen LogP contribution in [0.1, 0.15) is 38.8 Å². The predicted octanol–water partition coefficient (Wildman–Crippen LogP) is 4.70. The molecule has 0 spiro atoms. The minimum Gasteiger partial charge on any atom is -0.396 e. The third-order valence-electron chi connectivity index (χ3n) is 5.69. The number of nitrogens with zero attached hydrogens (tertiary/aromatic N) is 3. The Morgan fingerprint density at radius 1 is 1.17 bits per heavy atom. The Morgan fingerprint density at radius 3 is 2.72 bits per heavy atom. The molecule has 2 heterocycles. The lowest BCUT2D eigenvalue weighted by atomic mass is 10.1. The van der Waals surface area contributed by atoms with E-state index in [9.17, 15) is 5.11 Å². The van der Waals surface area contributed by atoms with Gasteiger partial charge in [0.1, 0.15) is 10.8 Å². The number of nitrogens with one attached hydrogen (secondary N) is 2. The summed E-state index contributed by atoms with van der Waals surface area (Å²) in [6, 6.07) is 8.48. The summed E-state index contributed by atoms with van der Waals surface area (Å²) >= 11 is 1.67. The topological polar surface area (TPSA) is 83.0 Å². The van der Waals surface area contributed by atoms with Crippen LogP contribution in [-0.4, -0.2) is 39.3 Å². The molecule has 6 nitrogen and oxygen atoms in total. The van der Waals surface area contributed by atoms with Crippen LogP contribution in [0.4, 0.5) is 11.8 Å². The van der Waals surface area contributed by atoms with Crippen LogP contribution in [-0.2, 0) is 0 Å². The normalized spacial score (nSPS) is 21.6. The zero-order chi connectivity index (χ0) is 20.4. The monoisotopic (exact) mass is 411 g/mol. The number of aliphatic hydroxyl groups excluding tert-OH is 1. The van der Waals surface area contributed by atoms with Crippen LogP contribution < -0.4 is 10.6 Å². The van der Waals surface area contributed by atoms with E-state index in [-0.39, 0.29) is 12.6 Å². The Morgan fingerprint density at radius 2 is 2.00 bits per heavy atom. The number of aromatic nitrogens is 3. The molecule has 154 valence electrons. The van der Waals surface area contributed by atoms with E-state index in [1.54, 1.807) is 11.3 Å². The molecule has 0 aliphatic heterocycles. The SMILES string of the molecule is CCCNc1nc(C)c(-c2nc3ccccc3s2)c(N[C@@H]2C[C@H](CO)C[C@H]2C)n1. The zero-order valence-corrected chi connectivity index (χ0v) is 18.1. The van der Waals surface area contributed by atoms with Gasteiger partial charge < -0.3 is 15.7 Å². The maximum absolute atomic E-state index is 9.59. The molecule has 4 rings (SSSR count). The van der Waals surface area contributed by atoms with Crippen LogP contribution in [0, 0.1) is 18.8 Å². The van der Waals surface area contributed by atoms with Gasteiger partial charge in [-0.1, -0.05) is 26.0 Å². The van der Waals surface area contributed by atoms with Crippen LogP contribution in [0.5, 0.6) is 0 Å². The first kappa shape index (κ1) is 20.0. The van der Waals surface area contributed by atoms with Gasteiger partial charge in [-0.05, 0) is 50.2 Å². The first-order valence-corrected chi connectivity index (χ1v) is 11.3. The van der Waals surface area contributed by atoms with Crippen LogP contribution in [0.15, 0.2) is 24.3 Å². The fourth-order valence-electron chi connectivity index (χ4n) is 4.13. The molecule has 2 aromatic heterocycles. The molecule has 1 aromatic carbocycles. The van der Waals surface area contributed by atoms with Gasteiger partial charge in [-0.2, -0.15) is 4.98 Å². The second-order valence-corrected chi connectivity index (χ2v) is 9.05. The summed E-state index contributed by atoms with van der Waals surface area (Å²) in [6.45, 7) is 7.49. The first-order valence-electron chi connectivity index (χ1n) is 10.4. The molecule has 1 aliphatic carbocycles. The average molecular weight is 412 g/mol. The second kappa shape index (κ2) is 8.63. The van der Waals surface area contributed by atoms with Gasteiger partial charge in [0.05, 0.1) is 21.5 Å². The summed E-state index contributed by atoms with van der Waals surface area (Å²) < 4.78 is 1.16. The van der Waals surface area contributed by atoms with E-state index in [4.69, 9.17) is 15.0 Å². The van der Waals surface area contributed by atoms with Crippen molar-refractivity contribution < 1.29 is 5.11 Å². The molecule has 0 unspecified atom stereocenters. The lowest BCUT2D eigenvalue weighted by Crippen LogP contribution is -2.24. The van der Waals surface area contributed by atoms with E-state index in [1.807, 2.05) is 25.1 Å². The number of aliphatic hydroxyl groups is 1. The third-order valence-corrected chi connectivity index (χ3v) is 6.74. The summed E-state index contributed by atoms with van der Waals surface area (Å²) in [5, 5.41) is 17.5. The van der Waals surface area contributed by atoms with E-state index >= 15 is 0 Å². The van der Waals surface area contributed by atoms with Crippen molar-refractivity contribution in [3.05, 3.63) is 30.0 Å². The van der Waals surface area contributed by atoms with Gasteiger partial charge in [-0.25, -0.2) is 9.97 Å². The minimum absolute atomic E-state index is 0.249. The number of anilines is 2. The van der Waals surface area contributed by atoms with Gasteiger partial charge in [0.2, 0.25) is 5.95 Å². The Hall–Kier alpha value is -2.25. The number of hydrogen-bond acceptors (Lipinski definition) is 7. The average Bonchev–Trinajstić information content (AvgIpc) is 3.29. The van der Waals surface area contributed by atoms with Gasteiger partial charge in [0.25, 0.3) is 0 Å². The van der Waals surface area contributed by atoms with Crippen LogP contribution >= 0.6 is 11.3 Å². The molecule has 3 aromatic rings. The van der Waals surface area contributed by atoms with E-state index < -0.39 is 0 Å². The number of thiazole rings is 1. The number of para-hydroxylation sites is 1. The third kappa shape index (κ3) is 4.21. The molecule has 3 N–H and O–H groups in total. The highest BCUT2D eigenvalue weighted by atomic mass is 32.1. The lowest BCUT2D eigenvalue weighted by Gasteiger charge is -2.21. The van der Waals surface area contributed by atoms with E-state index in [0.29, 0.717) is 17.8 Å².